The number of nitrogens with zero attached hydrogens (tertiary/aromatic N) is 6. The highest BCUT2D eigenvalue weighted by atomic mass is 16.2. The number of likely N-dealkylation sites (tertiary alicyclic amines) is 1. The zero-order valence-corrected chi connectivity index (χ0v) is 13.8. The summed E-state index contributed by atoms with van der Waals surface area (Å²) in [6, 6.07) is 4.72. The first-order valence-corrected chi connectivity index (χ1v) is 7.88. The Morgan fingerprint density at radius 3 is 2.88 bits per heavy atom. The lowest BCUT2D eigenvalue weighted by atomic mass is 10.1. The van der Waals surface area contributed by atoms with E-state index in [-0.39, 0.29) is 30.3 Å². The fraction of sp³-hybridized carbons (Fsp3) is 0.312. The summed E-state index contributed by atoms with van der Waals surface area (Å²) in [5.41, 5.74) is 2.03. The van der Waals surface area contributed by atoms with E-state index in [1.807, 2.05) is 13.1 Å². The molecule has 3 aromatic heterocycles. The number of aryl methyl sites for hydroxylation is 1. The summed E-state index contributed by atoms with van der Waals surface area (Å²) < 4.78 is 3.40. The second kappa shape index (κ2) is 5.69. The van der Waals surface area contributed by atoms with Crippen LogP contribution < -0.4 is 5.32 Å². The Balaban J connectivity index is 1.60. The number of hydrogen-bond acceptors (Lipinski definition) is 5. The average Bonchev–Trinajstić information content (AvgIpc) is 3.28. The molecule has 0 aromatic carbocycles. The predicted octanol–water partition coefficient (Wildman–Crippen LogP) is 0.165. The van der Waals surface area contributed by atoms with Crippen LogP contribution in [0.3, 0.4) is 0 Å². The first-order valence-electron chi connectivity index (χ1n) is 7.88. The van der Waals surface area contributed by atoms with Crippen LogP contribution in [0.5, 0.6) is 0 Å². The van der Waals surface area contributed by atoms with Gasteiger partial charge in [0.25, 0.3) is 5.91 Å². The summed E-state index contributed by atoms with van der Waals surface area (Å²) in [5, 5.41) is 14.9. The van der Waals surface area contributed by atoms with Crippen molar-refractivity contribution >= 4 is 17.5 Å². The number of likely N-dealkylation sites (N-methyl/N-ethyl adjacent to an activating group) is 1. The zero-order chi connectivity index (χ0) is 17.6. The molecule has 0 bridgehead atoms. The molecule has 0 spiro atoms. The summed E-state index contributed by atoms with van der Waals surface area (Å²) in [4.78, 5) is 26.5. The molecule has 2 amide bonds. The molecule has 1 fully saturated rings. The van der Waals surface area contributed by atoms with Crippen molar-refractivity contribution in [2.24, 2.45) is 7.05 Å². The topological polar surface area (TPSA) is 97.4 Å². The van der Waals surface area contributed by atoms with Gasteiger partial charge in [-0.15, -0.1) is 10.2 Å². The van der Waals surface area contributed by atoms with Gasteiger partial charge in [-0.2, -0.15) is 5.10 Å². The van der Waals surface area contributed by atoms with Gasteiger partial charge in [0.2, 0.25) is 5.91 Å². The molecule has 128 valence electrons. The minimum Gasteiger partial charge on any atom is -0.346 e. The van der Waals surface area contributed by atoms with Gasteiger partial charge in [-0.3, -0.25) is 18.7 Å². The second-order valence-corrected chi connectivity index (χ2v) is 6.13. The van der Waals surface area contributed by atoms with Crippen molar-refractivity contribution in [1.82, 2.24) is 34.6 Å². The van der Waals surface area contributed by atoms with Gasteiger partial charge in [0.15, 0.2) is 5.65 Å². The molecule has 2 atom stereocenters. The molecule has 9 heteroatoms. The molecule has 0 aliphatic carbocycles. The highest BCUT2D eigenvalue weighted by molar-refractivity contribution is 5.95. The van der Waals surface area contributed by atoms with Gasteiger partial charge in [0.1, 0.15) is 6.33 Å². The van der Waals surface area contributed by atoms with Crippen molar-refractivity contribution in [2.75, 3.05) is 7.05 Å². The number of amides is 2. The molecule has 0 saturated carbocycles. The van der Waals surface area contributed by atoms with E-state index >= 15 is 0 Å². The predicted molar refractivity (Wildman–Crippen MR) is 87.6 cm³/mol. The van der Waals surface area contributed by atoms with Gasteiger partial charge in [0, 0.05) is 32.9 Å². The van der Waals surface area contributed by atoms with E-state index in [4.69, 9.17) is 0 Å². The Morgan fingerprint density at radius 2 is 2.12 bits per heavy atom. The van der Waals surface area contributed by atoms with Gasteiger partial charge in [-0.1, -0.05) is 0 Å². The summed E-state index contributed by atoms with van der Waals surface area (Å²) in [5.74, 6) is -0.248. The lowest BCUT2D eigenvalue weighted by Crippen LogP contribution is -2.39. The number of fused-ring (bicyclic) bond motifs is 1. The average molecular weight is 339 g/mol. The van der Waals surface area contributed by atoms with Crippen LogP contribution in [-0.4, -0.2) is 54.2 Å². The van der Waals surface area contributed by atoms with Crippen LogP contribution in [0, 0.1) is 0 Å². The van der Waals surface area contributed by atoms with Crippen LogP contribution in [0.25, 0.3) is 5.65 Å². The normalized spacial score (nSPS) is 20.4. The van der Waals surface area contributed by atoms with Gasteiger partial charge in [-0.05, 0) is 18.2 Å². The van der Waals surface area contributed by atoms with E-state index in [9.17, 15) is 9.59 Å². The van der Waals surface area contributed by atoms with Gasteiger partial charge in [0.05, 0.1) is 23.3 Å². The van der Waals surface area contributed by atoms with E-state index < -0.39 is 0 Å². The van der Waals surface area contributed by atoms with Gasteiger partial charge < -0.3 is 10.2 Å². The molecular weight excluding hydrogens is 322 g/mol. The smallest absolute Gasteiger partial charge is 0.253 e. The summed E-state index contributed by atoms with van der Waals surface area (Å²) in [6.45, 7) is 0. The molecule has 0 unspecified atom stereocenters. The number of rotatable bonds is 3. The second-order valence-electron chi connectivity index (χ2n) is 6.13. The van der Waals surface area contributed by atoms with Crippen LogP contribution in [0.2, 0.25) is 0 Å². The Labute approximate surface area is 143 Å². The number of carbonyl (C=O) groups is 2. The molecule has 1 saturated heterocycles. The third-order valence-electron chi connectivity index (χ3n) is 4.62. The highest BCUT2D eigenvalue weighted by Crippen LogP contribution is 2.31. The van der Waals surface area contributed by atoms with Crippen LogP contribution in [-0.2, 0) is 11.8 Å². The van der Waals surface area contributed by atoms with Crippen LogP contribution in [0.4, 0.5) is 0 Å². The third-order valence-corrected chi connectivity index (χ3v) is 4.62. The third kappa shape index (κ3) is 2.53. The molecule has 1 aliphatic rings. The number of nitrogens with one attached hydrogen (secondary N) is 1. The fourth-order valence-electron chi connectivity index (χ4n) is 3.29. The van der Waals surface area contributed by atoms with Crippen LogP contribution in [0.15, 0.2) is 36.9 Å². The van der Waals surface area contributed by atoms with Crippen LogP contribution >= 0.6 is 0 Å². The Kier molecular flexibility index (Phi) is 3.48. The monoisotopic (exact) mass is 339 g/mol. The zero-order valence-electron chi connectivity index (χ0n) is 13.8. The molecular formula is C16H17N7O2. The molecule has 0 radical (unpaired) electrons. The van der Waals surface area contributed by atoms with E-state index in [1.165, 1.54) is 6.33 Å². The number of pyridine rings is 1. The lowest BCUT2D eigenvalue weighted by molar-refractivity contribution is -0.127. The maximum Gasteiger partial charge on any atom is 0.253 e. The van der Waals surface area contributed by atoms with Crippen LogP contribution in [0.1, 0.15) is 28.5 Å². The minimum atomic E-state index is -0.322. The number of hydrogen-bond donors (Lipinski definition) is 1. The maximum absolute atomic E-state index is 12.7. The molecule has 3 aromatic rings. The van der Waals surface area contributed by atoms with E-state index in [1.54, 1.807) is 45.6 Å². The van der Waals surface area contributed by atoms with Crippen molar-refractivity contribution in [3.63, 3.8) is 0 Å². The molecule has 9 nitrogen and oxygen atoms in total. The molecule has 25 heavy (non-hydrogen) atoms. The van der Waals surface area contributed by atoms with E-state index in [0.29, 0.717) is 11.2 Å². The molecule has 1 N–H and O–H groups in total. The Bertz CT molecular complexity index is 960. The molecule has 4 rings (SSSR count). The minimum absolute atomic E-state index is 0.00855. The summed E-state index contributed by atoms with van der Waals surface area (Å²) >= 11 is 0. The largest absolute Gasteiger partial charge is 0.346 e. The van der Waals surface area contributed by atoms with E-state index in [0.717, 1.165) is 5.69 Å². The van der Waals surface area contributed by atoms with Crippen molar-refractivity contribution in [1.29, 1.82) is 0 Å². The van der Waals surface area contributed by atoms with Crippen molar-refractivity contribution < 1.29 is 9.59 Å². The first-order chi connectivity index (χ1) is 12.0. The van der Waals surface area contributed by atoms with Crippen molar-refractivity contribution in [3.05, 3.63) is 48.2 Å². The standard InChI is InChI=1S/C16H17N7O2/c1-21-14(24)7-11(15(21)12-5-6-18-22(12)2)19-16(25)10-3-4-13-20-17-9-23(13)8-10/h3-6,8-9,11,15H,7H2,1-2H3,(H,19,25)/t11-,15-/m1/s1. The molecule has 1 aliphatic heterocycles. The Hall–Kier alpha value is -3.23. The van der Waals surface area contributed by atoms with Crippen molar-refractivity contribution in [2.45, 2.75) is 18.5 Å². The summed E-state index contributed by atoms with van der Waals surface area (Å²) in [6.07, 6.45) is 5.15. The lowest BCUT2D eigenvalue weighted by Gasteiger charge is -2.25. The van der Waals surface area contributed by atoms with Gasteiger partial charge in [-0.25, -0.2) is 0 Å². The summed E-state index contributed by atoms with van der Waals surface area (Å²) in [7, 11) is 3.57. The Morgan fingerprint density at radius 1 is 1.28 bits per heavy atom. The maximum atomic E-state index is 12.7. The number of aromatic nitrogens is 5. The fourth-order valence-corrected chi connectivity index (χ4v) is 3.29. The number of carbonyl (C=O) groups excluding carboxylic acids is 2. The van der Waals surface area contributed by atoms with Crippen molar-refractivity contribution in [3.8, 4) is 0 Å². The SMILES string of the molecule is CN1C(=O)C[C@@H](NC(=O)c2ccc3nncn3c2)[C@@H]1c1ccnn1C. The van der Waals surface area contributed by atoms with E-state index in [2.05, 4.69) is 20.6 Å². The highest BCUT2D eigenvalue weighted by Gasteiger charge is 2.40. The molecule has 4 heterocycles. The quantitative estimate of drug-likeness (QED) is 0.733. The first kappa shape index (κ1) is 15.3. The van der Waals surface area contributed by atoms with Gasteiger partial charge >= 0.3 is 0 Å².